The molecule has 0 aliphatic carbocycles. The number of carbonyl (C=O) groups is 2. The Hall–Kier alpha value is -3.54. The molecule has 5 nitrogen and oxygen atoms in total. The fourth-order valence-corrected chi connectivity index (χ4v) is 2.24. The first-order chi connectivity index (χ1) is 13.8. The van der Waals surface area contributed by atoms with Crippen molar-refractivity contribution in [3.63, 3.8) is 0 Å². The average Bonchev–Trinajstić information content (AvgIpc) is 2.68. The highest BCUT2D eigenvalue weighted by Gasteiger charge is 2.24. The maximum absolute atomic E-state index is 13.7. The molecule has 0 radical (unpaired) electrons. The van der Waals surface area contributed by atoms with Crippen LogP contribution in [0.1, 0.15) is 30.1 Å². The zero-order valence-electron chi connectivity index (χ0n) is 15.2. The van der Waals surface area contributed by atoms with Crippen LogP contribution in [0.3, 0.4) is 0 Å². The molecule has 0 unspecified atom stereocenters. The molecule has 0 saturated heterocycles. The normalized spacial score (nSPS) is 10.2. The first-order valence-corrected chi connectivity index (χ1v) is 8.33. The summed E-state index contributed by atoms with van der Waals surface area (Å²) in [4.78, 5) is 24.1. The largest absolute Gasteiger partial charge is 0.481 e. The summed E-state index contributed by atoms with van der Waals surface area (Å²) in [7, 11) is 0. The second-order valence-corrected chi connectivity index (χ2v) is 5.72. The summed E-state index contributed by atoms with van der Waals surface area (Å²) in [6.45, 7) is 1.62. The number of nitrogens with one attached hydrogen (secondary N) is 1. The monoisotopic (exact) mass is 409 g/mol. The maximum atomic E-state index is 13.7. The minimum atomic E-state index is -1.87. The second-order valence-electron chi connectivity index (χ2n) is 5.72. The van der Waals surface area contributed by atoms with Crippen LogP contribution in [0.25, 0.3) is 0 Å². The summed E-state index contributed by atoms with van der Waals surface area (Å²) >= 11 is 0. The van der Waals surface area contributed by atoms with Crippen molar-refractivity contribution in [1.82, 2.24) is 0 Å². The molecule has 9 heteroatoms. The van der Waals surface area contributed by atoms with E-state index in [2.05, 4.69) is 16.0 Å². The zero-order chi connectivity index (χ0) is 21.6. The van der Waals surface area contributed by atoms with E-state index in [4.69, 9.17) is 11.2 Å². The molecule has 2 aromatic rings. The van der Waals surface area contributed by atoms with Gasteiger partial charge in [0.25, 0.3) is 0 Å². The molecule has 0 saturated carbocycles. The summed E-state index contributed by atoms with van der Waals surface area (Å²) in [5.41, 5.74) is -0.189. The Morgan fingerprint density at radius 3 is 2.31 bits per heavy atom. The topological polar surface area (TPSA) is 64.6 Å². The van der Waals surface area contributed by atoms with E-state index in [9.17, 15) is 27.2 Å². The number of anilines is 1. The number of terminal acetylenes is 1. The molecule has 29 heavy (non-hydrogen) atoms. The Labute approximate surface area is 163 Å². The van der Waals surface area contributed by atoms with Gasteiger partial charge < -0.3 is 14.8 Å². The Kier molecular flexibility index (Phi) is 7.20. The first kappa shape index (κ1) is 21.8. The molecule has 0 aromatic heterocycles. The van der Waals surface area contributed by atoms with Gasteiger partial charge in [0.05, 0.1) is 5.56 Å². The number of halogens is 4. The van der Waals surface area contributed by atoms with Gasteiger partial charge in [0.2, 0.25) is 23.3 Å². The molecule has 2 rings (SSSR count). The lowest BCUT2D eigenvalue weighted by Crippen LogP contribution is -2.15. The third-order valence-electron chi connectivity index (χ3n) is 3.49. The standard InChI is InChI=1S/C20H15F4NO4/c1-3-5-16(26)25-12-7-11(8-13(9-12)28-6-4-2)20(27)29-19-17(23)14(21)10-15(22)18(19)24/h2,7-10H,3,5-6H2,1H3,(H,25,26). The SMILES string of the molecule is C#CCOc1cc(NC(=O)CCC)cc(C(=O)Oc2c(F)c(F)cc(F)c2F)c1. The maximum Gasteiger partial charge on any atom is 0.343 e. The van der Waals surface area contributed by atoms with E-state index in [1.165, 1.54) is 6.07 Å². The molecule has 0 fully saturated rings. The minimum Gasteiger partial charge on any atom is -0.481 e. The number of esters is 1. The van der Waals surface area contributed by atoms with E-state index >= 15 is 0 Å². The van der Waals surface area contributed by atoms with Gasteiger partial charge in [0.15, 0.2) is 11.6 Å². The highest BCUT2D eigenvalue weighted by Crippen LogP contribution is 2.28. The smallest absolute Gasteiger partial charge is 0.343 e. The fourth-order valence-electron chi connectivity index (χ4n) is 2.24. The molecule has 0 atom stereocenters. The number of carbonyl (C=O) groups excluding carboxylic acids is 2. The highest BCUT2D eigenvalue weighted by atomic mass is 19.2. The number of ether oxygens (including phenoxy) is 2. The minimum absolute atomic E-state index is 0.0162. The lowest BCUT2D eigenvalue weighted by molar-refractivity contribution is -0.116. The lowest BCUT2D eigenvalue weighted by Gasteiger charge is -2.12. The highest BCUT2D eigenvalue weighted by molar-refractivity contribution is 5.96. The van der Waals surface area contributed by atoms with E-state index in [-0.39, 0.29) is 42.0 Å². The number of hydrogen-bond acceptors (Lipinski definition) is 4. The van der Waals surface area contributed by atoms with Gasteiger partial charge in [0, 0.05) is 24.2 Å². The molecule has 0 aliphatic heterocycles. The predicted octanol–water partition coefficient (Wildman–Crippen LogP) is 4.21. The van der Waals surface area contributed by atoms with Gasteiger partial charge in [-0.3, -0.25) is 4.79 Å². The van der Waals surface area contributed by atoms with E-state index in [1.807, 2.05) is 0 Å². The number of rotatable bonds is 7. The Morgan fingerprint density at radius 1 is 1.07 bits per heavy atom. The van der Waals surface area contributed by atoms with Crippen LogP contribution in [0.5, 0.6) is 11.5 Å². The van der Waals surface area contributed by atoms with Crippen molar-refractivity contribution in [3.8, 4) is 23.8 Å². The van der Waals surface area contributed by atoms with Gasteiger partial charge in [-0.2, -0.15) is 8.78 Å². The summed E-state index contributed by atoms with van der Waals surface area (Å²) in [5.74, 6) is -8.17. The molecule has 0 heterocycles. The van der Waals surface area contributed by atoms with E-state index in [0.29, 0.717) is 6.42 Å². The van der Waals surface area contributed by atoms with Crippen molar-refractivity contribution in [2.75, 3.05) is 11.9 Å². The predicted molar refractivity (Wildman–Crippen MR) is 95.5 cm³/mol. The van der Waals surface area contributed by atoms with Crippen molar-refractivity contribution >= 4 is 17.6 Å². The number of amides is 1. The molecular formula is C20H15F4NO4. The third kappa shape index (κ3) is 5.48. The Morgan fingerprint density at radius 2 is 1.72 bits per heavy atom. The van der Waals surface area contributed by atoms with E-state index in [1.54, 1.807) is 6.92 Å². The summed E-state index contributed by atoms with van der Waals surface area (Å²) in [6.07, 6.45) is 5.88. The average molecular weight is 409 g/mol. The van der Waals surface area contributed by atoms with Gasteiger partial charge in [-0.25, -0.2) is 13.6 Å². The quantitative estimate of drug-likeness (QED) is 0.245. The zero-order valence-corrected chi connectivity index (χ0v) is 15.2. The molecule has 152 valence electrons. The molecule has 0 aliphatic rings. The van der Waals surface area contributed by atoms with Crippen molar-refractivity contribution in [2.24, 2.45) is 0 Å². The van der Waals surface area contributed by atoms with Gasteiger partial charge in [-0.05, 0) is 18.6 Å². The number of hydrogen-bond donors (Lipinski definition) is 1. The Bertz CT molecular complexity index is 959. The van der Waals surface area contributed by atoms with Crippen LogP contribution >= 0.6 is 0 Å². The molecule has 2 aromatic carbocycles. The van der Waals surface area contributed by atoms with Crippen LogP contribution in [-0.2, 0) is 4.79 Å². The van der Waals surface area contributed by atoms with Crippen LogP contribution in [0.4, 0.5) is 23.2 Å². The summed E-state index contributed by atoms with van der Waals surface area (Å²) in [5, 5.41) is 2.51. The van der Waals surface area contributed by atoms with Gasteiger partial charge >= 0.3 is 5.97 Å². The molecule has 0 bridgehead atoms. The third-order valence-corrected chi connectivity index (χ3v) is 3.49. The summed E-state index contributed by atoms with van der Waals surface area (Å²) < 4.78 is 63.8. The first-order valence-electron chi connectivity index (χ1n) is 8.33. The second kappa shape index (κ2) is 9.59. The van der Waals surface area contributed by atoms with Crippen LogP contribution in [0, 0.1) is 35.6 Å². The van der Waals surface area contributed by atoms with Crippen molar-refractivity contribution in [1.29, 1.82) is 0 Å². The van der Waals surface area contributed by atoms with Crippen LogP contribution < -0.4 is 14.8 Å². The molecular weight excluding hydrogens is 394 g/mol. The van der Waals surface area contributed by atoms with Gasteiger partial charge in [-0.1, -0.05) is 12.8 Å². The van der Waals surface area contributed by atoms with E-state index < -0.39 is 35.0 Å². The van der Waals surface area contributed by atoms with Crippen LogP contribution in [-0.4, -0.2) is 18.5 Å². The van der Waals surface area contributed by atoms with Crippen molar-refractivity contribution in [3.05, 3.63) is 53.1 Å². The van der Waals surface area contributed by atoms with Crippen LogP contribution in [0.15, 0.2) is 24.3 Å². The van der Waals surface area contributed by atoms with E-state index in [0.717, 1.165) is 12.1 Å². The van der Waals surface area contributed by atoms with Gasteiger partial charge in [-0.15, -0.1) is 6.42 Å². The summed E-state index contributed by atoms with van der Waals surface area (Å²) in [6, 6.07) is 3.62. The lowest BCUT2D eigenvalue weighted by atomic mass is 10.1. The molecule has 1 N–H and O–H groups in total. The van der Waals surface area contributed by atoms with Crippen molar-refractivity contribution in [2.45, 2.75) is 19.8 Å². The van der Waals surface area contributed by atoms with Gasteiger partial charge in [0.1, 0.15) is 12.4 Å². The van der Waals surface area contributed by atoms with Crippen LogP contribution in [0.2, 0.25) is 0 Å². The fraction of sp³-hybridized carbons (Fsp3) is 0.200. The number of benzene rings is 2. The Balaban J connectivity index is 2.38. The van der Waals surface area contributed by atoms with Crippen molar-refractivity contribution < 1.29 is 36.6 Å². The molecule has 1 amide bonds. The molecule has 0 spiro atoms.